The molecule has 1 aromatic carbocycles. The Balaban J connectivity index is 1.67. The second-order valence-electron chi connectivity index (χ2n) is 7.40. The fraction of sp³-hybridized carbons (Fsp3) is 0.182. The molecule has 0 aliphatic carbocycles. The van der Waals surface area contributed by atoms with Crippen molar-refractivity contribution < 1.29 is 22.2 Å². The van der Waals surface area contributed by atoms with Crippen LogP contribution in [0.3, 0.4) is 0 Å². The average molecular weight is 469 g/mol. The minimum atomic E-state index is -4.43. The number of hydrogen-bond donors (Lipinski definition) is 2. The van der Waals surface area contributed by atoms with Gasteiger partial charge in [-0.15, -0.1) is 0 Å². The summed E-state index contributed by atoms with van der Waals surface area (Å²) in [7, 11) is -4.43. The van der Waals surface area contributed by atoms with Crippen molar-refractivity contribution in [2.75, 3.05) is 0 Å². The maximum Gasteiger partial charge on any atom is 0.296 e. The molecular weight excluding hydrogens is 449 g/mol. The van der Waals surface area contributed by atoms with Crippen LogP contribution in [0.1, 0.15) is 41.7 Å². The molecule has 3 heterocycles. The van der Waals surface area contributed by atoms with Crippen LogP contribution < -0.4 is 5.32 Å². The molecule has 2 N–H and O–H groups in total. The van der Waals surface area contributed by atoms with Gasteiger partial charge in [0.1, 0.15) is 10.7 Å². The van der Waals surface area contributed by atoms with Gasteiger partial charge in [0.25, 0.3) is 16.0 Å². The van der Waals surface area contributed by atoms with E-state index >= 15 is 0 Å². The second kappa shape index (κ2) is 9.04. The molecule has 0 fully saturated rings. The smallest absolute Gasteiger partial charge is 0.296 e. The predicted octanol–water partition coefficient (Wildman–Crippen LogP) is 3.47. The molecule has 0 radical (unpaired) electrons. The number of amides is 1. The van der Waals surface area contributed by atoms with E-state index in [2.05, 4.69) is 20.4 Å². The summed E-state index contributed by atoms with van der Waals surface area (Å²) in [4.78, 5) is 20.9. The van der Waals surface area contributed by atoms with Crippen molar-refractivity contribution >= 4 is 26.9 Å². The quantitative estimate of drug-likeness (QED) is 0.397. The lowest BCUT2D eigenvalue weighted by Crippen LogP contribution is -2.29. The summed E-state index contributed by atoms with van der Waals surface area (Å²) in [6, 6.07) is 6.52. The number of benzene rings is 1. The number of pyridine rings is 2. The van der Waals surface area contributed by atoms with Gasteiger partial charge in [0.15, 0.2) is 0 Å². The fourth-order valence-electron chi connectivity index (χ4n) is 3.52. The van der Waals surface area contributed by atoms with Crippen molar-refractivity contribution in [1.82, 2.24) is 25.1 Å². The number of rotatable bonds is 7. The van der Waals surface area contributed by atoms with Crippen LogP contribution in [0.5, 0.6) is 0 Å². The number of aromatic nitrogens is 4. The van der Waals surface area contributed by atoms with Gasteiger partial charge in [-0.1, -0.05) is 13.3 Å². The summed E-state index contributed by atoms with van der Waals surface area (Å²) in [5.74, 6) is -0.801. The van der Waals surface area contributed by atoms with Crippen LogP contribution in [0.4, 0.5) is 4.39 Å². The third-order valence-corrected chi connectivity index (χ3v) is 5.95. The molecule has 4 aromatic rings. The minimum absolute atomic E-state index is 0.279. The zero-order valence-electron chi connectivity index (χ0n) is 17.5. The van der Waals surface area contributed by atoms with Crippen molar-refractivity contribution in [1.29, 1.82) is 0 Å². The van der Waals surface area contributed by atoms with Crippen LogP contribution in [-0.4, -0.2) is 38.6 Å². The van der Waals surface area contributed by atoms with E-state index in [1.807, 2.05) is 6.92 Å². The molecule has 0 saturated heterocycles. The van der Waals surface area contributed by atoms with Crippen molar-refractivity contribution in [3.05, 3.63) is 78.3 Å². The van der Waals surface area contributed by atoms with Gasteiger partial charge in [0.05, 0.1) is 35.2 Å². The van der Waals surface area contributed by atoms with Crippen LogP contribution in [0.25, 0.3) is 16.6 Å². The van der Waals surface area contributed by atoms with Gasteiger partial charge in [-0.25, -0.2) is 9.07 Å². The molecule has 9 nitrogen and oxygen atoms in total. The number of fused-ring (bicyclic) bond motifs is 1. The van der Waals surface area contributed by atoms with E-state index in [1.165, 1.54) is 36.8 Å². The van der Waals surface area contributed by atoms with Gasteiger partial charge < -0.3 is 5.32 Å². The van der Waals surface area contributed by atoms with Gasteiger partial charge in [-0.05, 0) is 42.3 Å². The molecular formula is C22H20FN5O4S. The van der Waals surface area contributed by atoms with E-state index in [1.54, 1.807) is 23.0 Å². The highest BCUT2D eigenvalue weighted by atomic mass is 32.2. The lowest BCUT2D eigenvalue weighted by atomic mass is 10.0. The molecule has 4 rings (SSSR count). The Bertz CT molecular complexity index is 1420. The summed E-state index contributed by atoms with van der Waals surface area (Å²) >= 11 is 0. The zero-order chi connectivity index (χ0) is 23.6. The normalized spacial score (nSPS) is 12.6. The zero-order valence-corrected chi connectivity index (χ0v) is 18.3. The number of halogens is 1. The number of carbonyl (C=O) groups is 1. The van der Waals surface area contributed by atoms with Crippen LogP contribution in [0.2, 0.25) is 0 Å². The van der Waals surface area contributed by atoms with E-state index in [4.69, 9.17) is 0 Å². The Morgan fingerprint density at radius 3 is 2.55 bits per heavy atom. The topological polar surface area (TPSA) is 127 Å². The van der Waals surface area contributed by atoms with Crippen molar-refractivity contribution in [3.63, 3.8) is 0 Å². The van der Waals surface area contributed by atoms with Crippen LogP contribution in [0, 0.1) is 5.82 Å². The Morgan fingerprint density at radius 1 is 1.12 bits per heavy atom. The molecule has 11 heteroatoms. The Morgan fingerprint density at radius 2 is 1.85 bits per heavy atom. The molecule has 0 aliphatic rings. The fourth-order valence-corrected chi connectivity index (χ4v) is 4.00. The van der Waals surface area contributed by atoms with Gasteiger partial charge >= 0.3 is 0 Å². The van der Waals surface area contributed by atoms with Crippen molar-refractivity contribution in [2.45, 2.75) is 30.7 Å². The molecule has 0 saturated carbocycles. The first-order chi connectivity index (χ1) is 15.8. The standard InChI is InChI=1S/C22H20FN5O4S/c1-2-3-20(14-8-17(10-24-9-14)33(30,31)32)27-22(29)19-11-25-13-21-18(19)12-26-28(21)16-6-4-15(23)5-7-16/h4-13,20H,2-3H2,1H3,(H,27,29)(H,30,31,32)/t20-/m0/s1. The highest BCUT2D eigenvalue weighted by Gasteiger charge is 2.21. The van der Waals surface area contributed by atoms with Crippen LogP contribution in [0.15, 0.2) is 66.2 Å². The number of carbonyl (C=O) groups excluding carboxylic acids is 1. The minimum Gasteiger partial charge on any atom is -0.345 e. The third-order valence-electron chi connectivity index (χ3n) is 5.13. The molecule has 1 atom stereocenters. The summed E-state index contributed by atoms with van der Waals surface area (Å²) in [5.41, 5.74) is 1.90. The monoisotopic (exact) mass is 469 g/mol. The average Bonchev–Trinajstić information content (AvgIpc) is 3.23. The number of nitrogens with zero attached hydrogens (tertiary/aromatic N) is 4. The second-order valence-corrected chi connectivity index (χ2v) is 8.82. The maximum atomic E-state index is 13.3. The highest BCUT2D eigenvalue weighted by Crippen LogP contribution is 2.24. The maximum absolute atomic E-state index is 13.3. The van der Waals surface area contributed by atoms with Crippen LogP contribution in [-0.2, 0) is 10.1 Å². The van der Waals surface area contributed by atoms with Gasteiger partial charge in [0.2, 0.25) is 0 Å². The Hall–Kier alpha value is -3.70. The first-order valence-electron chi connectivity index (χ1n) is 10.1. The summed E-state index contributed by atoms with van der Waals surface area (Å²) < 4.78 is 47.1. The van der Waals surface area contributed by atoms with Gasteiger partial charge in [0, 0.05) is 24.0 Å². The summed E-state index contributed by atoms with van der Waals surface area (Å²) in [5, 5.41) is 7.76. The predicted molar refractivity (Wildman–Crippen MR) is 118 cm³/mol. The first-order valence-corrected chi connectivity index (χ1v) is 11.5. The molecule has 3 aromatic heterocycles. The van der Waals surface area contributed by atoms with E-state index in [0.717, 1.165) is 6.20 Å². The van der Waals surface area contributed by atoms with E-state index in [9.17, 15) is 22.2 Å². The largest absolute Gasteiger partial charge is 0.345 e. The highest BCUT2D eigenvalue weighted by molar-refractivity contribution is 7.85. The van der Waals surface area contributed by atoms with Gasteiger partial charge in [-0.3, -0.25) is 19.3 Å². The lowest BCUT2D eigenvalue weighted by molar-refractivity contribution is 0.0935. The third kappa shape index (κ3) is 4.73. The summed E-state index contributed by atoms with van der Waals surface area (Å²) in [6.07, 6.45) is 8.21. The molecule has 33 heavy (non-hydrogen) atoms. The van der Waals surface area contributed by atoms with E-state index in [0.29, 0.717) is 35.0 Å². The lowest BCUT2D eigenvalue weighted by Gasteiger charge is -2.19. The van der Waals surface area contributed by atoms with Crippen LogP contribution >= 0.6 is 0 Å². The van der Waals surface area contributed by atoms with E-state index < -0.39 is 22.1 Å². The molecule has 0 aliphatic heterocycles. The molecule has 170 valence electrons. The molecule has 1 amide bonds. The van der Waals surface area contributed by atoms with Crippen molar-refractivity contribution in [2.24, 2.45) is 0 Å². The SMILES string of the molecule is CCC[C@H](NC(=O)c1cncc2c1cnn2-c1ccc(F)cc1)c1cncc(S(=O)(=O)O)c1. The molecule has 0 bridgehead atoms. The number of hydrogen-bond acceptors (Lipinski definition) is 6. The molecule has 0 unspecified atom stereocenters. The molecule has 0 spiro atoms. The van der Waals surface area contributed by atoms with Gasteiger partial charge in [-0.2, -0.15) is 13.5 Å². The summed E-state index contributed by atoms with van der Waals surface area (Å²) in [6.45, 7) is 1.92. The number of nitrogens with one attached hydrogen (secondary N) is 1. The Kier molecular flexibility index (Phi) is 6.16. The van der Waals surface area contributed by atoms with Crippen molar-refractivity contribution in [3.8, 4) is 5.69 Å². The first kappa shape index (κ1) is 22.5. The Labute approximate surface area is 189 Å². The van der Waals surface area contributed by atoms with E-state index in [-0.39, 0.29) is 16.3 Å².